The van der Waals surface area contributed by atoms with Crippen LogP contribution in [-0.4, -0.2) is 4.57 Å². The Labute approximate surface area is 126 Å². The van der Waals surface area contributed by atoms with Gasteiger partial charge in [0.1, 0.15) is 16.8 Å². The molecule has 104 valence electrons. The van der Waals surface area contributed by atoms with Gasteiger partial charge in [0, 0.05) is 6.54 Å². The molecule has 0 fully saturated rings. The summed E-state index contributed by atoms with van der Waals surface area (Å²) in [6.07, 6.45) is 1.79. The van der Waals surface area contributed by atoms with Crippen LogP contribution in [0.1, 0.15) is 18.1 Å². The molecular weight excluding hydrogens is 282 g/mol. The van der Waals surface area contributed by atoms with Gasteiger partial charge in [-0.2, -0.15) is 10.5 Å². The van der Waals surface area contributed by atoms with Crippen molar-refractivity contribution in [2.75, 3.05) is 0 Å². The van der Waals surface area contributed by atoms with Crippen molar-refractivity contribution in [3.05, 3.63) is 54.9 Å². The lowest BCUT2D eigenvalue weighted by atomic mass is 10.1. The van der Waals surface area contributed by atoms with Gasteiger partial charge >= 0.3 is 0 Å². The number of hydrogen-bond donors (Lipinski definition) is 0. The number of nitrogens with zero attached hydrogens (tertiary/aromatic N) is 3. The molecule has 1 aromatic carbocycles. The standard InChI is InChI=1S/C16H13N3OS/c1-3-19-15(20)14(21-16(19)13(9-17)10-18)8-12-6-4-11(2)5-7-12/h4-8H,3H2,1-2H3/b14-8-. The zero-order valence-electron chi connectivity index (χ0n) is 11.8. The summed E-state index contributed by atoms with van der Waals surface area (Å²) in [4.78, 5) is 12.3. The van der Waals surface area contributed by atoms with Crippen LogP contribution in [0.15, 0.2) is 29.1 Å². The largest absolute Gasteiger partial charge is 0.298 e. The predicted molar refractivity (Wildman–Crippen MR) is 82.9 cm³/mol. The SMILES string of the molecule is CCn1c(=C(C#N)C#N)s/c(=C\c2ccc(C)cc2)c1=O. The normalized spacial score (nSPS) is 11.0. The Morgan fingerprint density at radius 3 is 2.43 bits per heavy atom. The summed E-state index contributed by atoms with van der Waals surface area (Å²) < 4.78 is 2.41. The van der Waals surface area contributed by atoms with Crippen LogP contribution in [0.25, 0.3) is 11.6 Å². The molecule has 4 nitrogen and oxygen atoms in total. The van der Waals surface area contributed by atoms with Gasteiger partial charge in [0.2, 0.25) is 0 Å². The van der Waals surface area contributed by atoms with Crippen LogP contribution in [0.5, 0.6) is 0 Å². The third kappa shape index (κ3) is 2.94. The first-order valence-corrected chi connectivity index (χ1v) is 7.25. The number of thiazole rings is 1. The molecule has 0 saturated carbocycles. The highest BCUT2D eigenvalue weighted by Crippen LogP contribution is 2.03. The van der Waals surface area contributed by atoms with Crippen molar-refractivity contribution < 1.29 is 0 Å². The highest BCUT2D eigenvalue weighted by Gasteiger charge is 2.07. The Morgan fingerprint density at radius 1 is 1.29 bits per heavy atom. The summed E-state index contributed by atoms with van der Waals surface area (Å²) in [6.45, 7) is 4.25. The number of nitriles is 2. The Morgan fingerprint density at radius 2 is 1.90 bits per heavy atom. The van der Waals surface area contributed by atoms with E-state index in [1.54, 1.807) is 6.08 Å². The first kappa shape index (κ1) is 14.8. The molecule has 5 heteroatoms. The van der Waals surface area contributed by atoms with Crippen LogP contribution < -0.4 is 14.8 Å². The van der Waals surface area contributed by atoms with Crippen molar-refractivity contribution in [2.45, 2.75) is 20.4 Å². The van der Waals surface area contributed by atoms with Crippen LogP contribution in [0, 0.1) is 29.6 Å². The summed E-state index contributed by atoms with van der Waals surface area (Å²) in [6, 6.07) is 11.5. The molecule has 2 rings (SSSR count). The maximum absolute atomic E-state index is 12.3. The molecule has 0 aliphatic heterocycles. The Balaban J connectivity index is 2.77. The monoisotopic (exact) mass is 295 g/mol. The molecule has 0 saturated heterocycles. The second-order valence-electron chi connectivity index (χ2n) is 4.47. The van der Waals surface area contributed by atoms with Gasteiger partial charge < -0.3 is 0 Å². The van der Waals surface area contributed by atoms with Gasteiger partial charge in [-0.15, -0.1) is 11.3 Å². The molecule has 0 spiro atoms. The van der Waals surface area contributed by atoms with Crippen molar-refractivity contribution in [2.24, 2.45) is 0 Å². The molecule has 0 atom stereocenters. The molecule has 0 aliphatic carbocycles. The second-order valence-corrected chi connectivity index (χ2v) is 5.51. The van der Waals surface area contributed by atoms with Gasteiger partial charge in [0.25, 0.3) is 5.56 Å². The van der Waals surface area contributed by atoms with E-state index in [0.717, 1.165) is 11.1 Å². The van der Waals surface area contributed by atoms with Crippen molar-refractivity contribution in [3.8, 4) is 12.1 Å². The second kappa shape index (κ2) is 6.21. The maximum Gasteiger partial charge on any atom is 0.269 e. The zero-order valence-corrected chi connectivity index (χ0v) is 12.6. The lowest BCUT2D eigenvalue weighted by Gasteiger charge is -1.93. The molecule has 2 aromatic rings. The third-order valence-corrected chi connectivity index (χ3v) is 4.17. The van der Waals surface area contributed by atoms with Gasteiger partial charge in [-0.3, -0.25) is 9.36 Å². The molecule has 0 bridgehead atoms. The summed E-state index contributed by atoms with van der Waals surface area (Å²) in [5.41, 5.74) is 1.88. The van der Waals surface area contributed by atoms with E-state index in [9.17, 15) is 4.79 Å². The fraction of sp³-hybridized carbons (Fsp3) is 0.188. The van der Waals surface area contributed by atoms with Crippen molar-refractivity contribution >= 4 is 23.0 Å². The summed E-state index contributed by atoms with van der Waals surface area (Å²) in [5.74, 6) is 0. The number of rotatable bonds is 2. The van der Waals surface area contributed by atoms with Crippen LogP contribution in [0.2, 0.25) is 0 Å². The molecule has 0 unspecified atom stereocenters. The minimum atomic E-state index is -0.166. The smallest absolute Gasteiger partial charge is 0.269 e. The van der Waals surface area contributed by atoms with Crippen LogP contribution in [0.4, 0.5) is 0 Å². The number of aryl methyl sites for hydroxylation is 1. The maximum atomic E-state index is 12.3. The fourth-order valence-corrected chi connectivity index (χ4v) is 3.04. The van der Waals surface area contributed by atoms with Crippen molar-refractivity contribution in [3.63, 3.8) is 0 Å². The number of aromatic nitrogens is 1. The van der Waals surface area contributed by atoms with Gasteiger partial charge in [-0.1, -0.05) is 29.8 Å². The lowest BCUT2D eigenvalue weighted by molar-refractivity contribution is 0.722. The highest BCUT2D eigenvalue weighted by molar-refractivity contribution is 7.07. The summed E-state index contributed by atoms with van der Waals surface area (Å²) in [7, 11) is 0. The van der Waals surface area contributed by atoms with E-state index in [1.165, 1.54) is 15.9 Å². The van der Waals surface area contributed by atoms with Gasteiger partial charge in [0.05, 0.1) is 4.53 Å². The number of hydrogen-bond acceptors (Lipinski definition) is 4. The fourth-order valence-electron chi connectivity index (χ4n) is 1.93. The minimum absolute atomic E-state index is 0.0255. The predicted octanol–water partition coefficient (Wildman–Crippen LogP) is 1.26. The highest BCUT2D eigenvalue weighted by atomic mass is 32.1. The van der Waals surface area contributed by atoms with E-state index >= 15 is 0 Å². The molecule has 0 amide bonds. The van der Waals surface area contributed by atoms with Crippen LogP contribution >= 0.6 is 11.3 Å². The van der Waals surface area contributed by atoms with Crippen LogP contribution in [0.3, 0.4) is 0 Å². The summed E-state index contributed by atoms with van der Waals surface area (Å²) >= 11 is 1.18. The molecule has 0 aliphatic rings. The van der Waals surface area contributed by atoms with E-state index in [2.05, 4.69) is 0 Å². The van der Waals surface area contributed by atoms with Gasteiger partial charge in [0.15, 0.2) is 5.57 Å². The first-order chi connectivity index (χ1) is 10.1. The lowest BCUT2D eigenvalue weighted by Crippen LogP contribution is -2.31. The minimum Gasteiger partial charge on any atom is -0.298 e. The quantitative estimate of drug-likeness (QED) is 0.837. The first-order valence-electron chi connectivity index (χ1n) is 6.43. The molecular formula is C16H13N3OS. The molecule has 1 heterocycles. The molecule has 0 N–H and O–H groups in total. The van der Waals surface area contributed by atoms with E-state index in [1.807, 2.05) is 50.3 Å². The average Bonchev–Trinajstić information content (AvgIpc) is 2.79. The van der Waals surface area contributed by atoms with Crippen molar-refractivity contribution in [1.82, 2.24) is 4.57 Å². The van der Waals surface area contributed by atoms with E-state index in [-0.39, 0.29) is 11.1 Å². The van der Waals surface area contributed by atoms with Gasteiger partial charge in [-0.25, -0.2) is 0 Å². The van der Waals surface area contributed by atoms with E-state index in [4.69, 9.17) is 10.5 Å². The Kier molecular flexibility index (Phi) is 4.37. The van der Waals surface area contributed by atoms with Crippen LogP contribution in [-0.2, 0) is 6.54 Å². The van der Waals surface area contributed by atoms with Crippen molar-refractivity contribution in [1.29, 1.82) is 10.5 Å². The summed E-state index contributed by atoms with van der Waals surface area (Å²) in [5, 5.41) is 18.0. The third-order valence-electron chi connectivity index (χ3n) is 3.04. The molecule has 0 radical (unpaired) electrons. The Bertz CT molecular complexity index is 902. The van der Waals surface area contributed by atoms with E-state index < -0.39 is 0 Å². The Hall–Kier alpha value is -2.63. The average molecular weight is 295 g/mol. The van der Waals surface area contributed by atoms with E-state index in [0.29, 0.717) is 15.7 Å². The zero-order chi connectivity index (χ0) is 15.4. The molecule has 1 aromatic heterocycles. The van der Waals surface area contributed by atoms with Gasteiger partial charge in [-0.05, 0) is 25.5 Å². The number of benzene rings is 1. The topological polar surface area (TPSA) is 69.6 Å². The molecule has 21 heavy (non-hydrogen) atoms.